The number of aromatic nitrogens is 2. The molecule has 0 saturated carbocycles. The van der Waals surface area contributed by atoms with E-state index in [0.29, 0.717) is 21.6 Å². The largest absolute Gasteiger partial charge is 0.363 e. The zero-order valence-electron chi connectivity index (χ0n) is 15.5. The molecule has 0 unspecified atom stereocenters. The second kappa shape index (κ2) is 10.4. The molecule has 2 aromatic rings. The molecule has 0 saturated heterocycles. The van der Waals surface area contributed by atoms with Gasteiger partial charge in [-0.3, -0.25) is 4.79 Å². The van der Waals surface area contributed by atoms with Gasteiger partial charge in [-0.25, -0.2) is 9.97 Å². The Morgan fingerprint density at radius 1 is 1.19 bits per heavy atom. The highest BCUT2D eigenvalue weighted by molar-refractivity contribution is 7.98. The number of halogens is 1. The zero-order valence-corrected chi connectivity index (χ0v) is 17.0. The normalized spacial score (nSPS) is 10.6. The van der Waals surface area contributed by atoms with Crippen LogP contribution in [0.3, 0.4) is 0 Å². The fourth-order valence-electron chi connectivity index (χ4n) is 2.26. The summed E-state index contributed by atoms with van der Waals surface area (Å²) in [4.78, 5) is 22.7. The summed E-state index contributed by atoms with van der Waals surface area (Å²) in [5.41, 5.74) is 1.79. The van der Waals surface area contributed by atoms with Crippen molar-refractivity contribution in [2.45, 2.75) is 37.1 Å². The Hall–Kier alpha value is -1.79. The van der Waals surface area contributed by atoms with E-state index in [-0.39, 0.29) is 5.91 Å². The lowest BCUT2D eigenvalue weighted by Gasteiger charge is -2.12. The molecule has 2 rings (SSSR count). The average Bonchev–Trinajstić information content (AvgIpc) is 2.63. The van der Waals surface area contributed by atoms with E-state index < -0.39 is 0 Å². The first-order chi connectivity index (χ1) is 12.5. The third kappa shape index (κ3) is 6.50. The molecule has 5 nitrogen and oxygen atoms in total. The number of nitrogens with one attached hydrogen (secondary N) is 1. The van der Waals surface area contributed by atoms with Gasteiger partial charge >= 0.3 is 0 Å². The second-order valence-electron chi connectivity index (χ2n) is 6.17. The van der Waals surface area contributed by atoms with Gasteiger partial charge in [0.15, 0.2) is 5.16 Å². The van der Waals surface area contributed by atoms with Crippen molar-refractivity contribution in [2.24, 2.45) is 0 Å². The highest BCUT2D eigenvalue weighted by Crippen LogP contribution is 2.24. The van der Waals surface area contributed by atoms with Crippen LogP contribution in [-0.4, -0.2) is 36.5 Å². The lowest BCUT2D eigenvalue weighted by molar-refractivity contribution is 0.0953. The summed E-state index contributed by atoms with van der Waals surface area (Å²) in [5.74, 6) is 1.47. The molecular formula is C19H25ClN4OS. The standard InChI is InChI=1S/C19H25ClN4OS/c1-4-5-6-11-21-18(25)15-9-7-14(8-10-15)13-26-19-22-16(20)12-17(23-19)24(2)3/h7-10,12H,4-6,11,13H2,1-3H3,(H,21,25). The molecule has 1 heterocycles. The molecule has 1 aromatic carbocycles. The van der Waals surface area contributed by atoms with Gasteiger partial charge in [-0.1, -0.05) is 55.3 Å². The first-order valence-electron chi connectivity index (χ1n) is 8.71. The minimum absolute atomic E-state index is 0.0193. The predicted molar refractivity (Wildman–Crippen MR) is 109 cm³/mol. The van der Waals surface area contributed by atoms with Crippen LogP contribution in [0, 0.1) is 0 Å². The Labute approximate surface area is 164 Å². The number of hydrogen-bond donors (Lipinski definition) is 1. The third-order valence-corrected chi connectivity index (χ3v) is 4.88. The minimum atomic E-state index is -0.0193. The van der Waals surface area contributed by atoms with Crippen LogP contribution < -0.4 is 10.2 Å². The van der Waals surface area contributed by atoms with Crippen molar-refractivity contribution in [3.8, 4) is 0 Å². The fraction of sp³-hybridized carbons (Fsp3) is 0.421. The smallest absolute Gasteiger partial charge is 0.251 e. The maximum atomic E-state index is 12.1. The van der Waals surface area contributed by atoms with Gasteiger partial charge in [-0.2, -0.15) is 0 Å². The monoisotopic (exact) mass is 392 g/mol. The van der Waals surface area contributed by atoms with Crippen LogP contribution in [0.15, 0.2) is 35.5 Å². The van der Waals surface area contributed by atoms with Gasteiger partial charge in [0.1, 0.15) is 11.0 Å². The first kappa shape index (κ1) is 20.5. The van der Waals surface area contributed by atoms with Gasteiger partial charge < -0.3 is 10.2 Å². The lowest BCUT2D eigenvalue weighted by Crippen LogP contribution is -2.24. The number of thioether (sulfide) groups is 1. The summed E-state index contributed by atoms with van der Waals surface area (Å²) in [6.45, 7) is 2.87. The van der Waals surface area contributed by atoms with E-state index in [4.69, 9.17) is 11.6 Å². The number of hydrogen-bond acceptors (Lipinski definition) is 5. The fourth-order valence-corrected chi connectivity index (χ4v) is 3.30. The van der Waals surface area contributed by atoms with Gasteiger partial charge in [0.25, 0.3) is 5.91 Å². The first-order valence-corrected chi connectivity index (χ1v) is 10.1. The summed E-state index contributed by atoms with van der Waals surface area (Å²) in [5, 5.41) is 4.02. The van der Waals surface area contributed by atoms with Crippen molar-refractivity contribution in [3.63, 3.8) is 0 Å². The van der Waals surface area contributed by atoms with Gasteiger partial charge in [-0.05, 0) is 24.1 Å². The molecule has 0 aliphatic rings. The Kier molecular flexibility index (Phi) is 8.19. The molecular weight excluding hydrogens is 368 g/mol. The van der Waals surface area contributed by atoms with Crippen LogP contribution in [0.1, 0.15) is 42.1 Å². The number of anilines is 1. The van der Waals surface area contributed by atoms with Gasteiger partial charge in [0.2, 0.25) is 0 Å². The quantitative estimate of drug-likeness (QED) is 0.296. The number of nitrogens with zero attached hydrogens (tertiary/aromatic N) is 3. The molecule has 0 fully saturated rings. The number of carbonyl (C=O) groups is 1. The Morgan fingerprint density at radius 2 is 1.92 bits per heavy atom. The van der Waals surface area contributed by atoms with Gasteiger partial charge in [0.05, 0.1) is 0 Å². The van der Waals surface area contributed by atoms with Crippen LogP contribution in [0.5, 0.6) is 0 Å². The molecule has 140 valence electrons. The molecule has 26 heavy (non-hydrogen) atoms. The average molecular weight is 393 g/mol. The van der Waals surface area contributed by atoms with Crippen molar-refractivity contribution in [2.75, 3.05) is 25.5 Å². The summed E-state index contributed by atoms with van der Waals surface area (Å²) >= 11 is 7.58. The van der Waals surface area contributed by atoms with E-state index in [0.717, 1.165) is 37.2 Å². The van der Waals surface area contributed by atoms with Crippen molar-refractivity contribution in [1.29, 1.82) is 0 Å². The Morgan fingerprint density at radius 3 is 2.58 bits per heavy atom. The molecule has 0 spiro atoms. The van der Waals surface area contributed by atoms with E-state index in [1.165, 1.54) is 11.8 Å². The van der Waals surface area contributed by atoms with Crippen LogP contribution in [-0.2, 0) is 5.75 Å². The highest BCUT2D eigenvalue weighted by atomic mass is 35.5. The van der Waals surface area contributed by atoms with Crippen LogP contribution in [0.25, 0.3) is 0 Å². The number of amides is 1. The summed E-state index contributed by atoms with van der Waals surface area (Å²) in [7, 11) is 3.83. The molecule has 0 bridgehead atoms. The van der Waals surface area contributed by atoms with Crippen LogP contribution in [0.4, 0.5) is 5.82 Å². The maximum Gasteiger partial charge on any atom is 0.251 e. The number of rotatable bonds is 9. The Bertz CT molecular complexity index is 722. The van der Waals surface area contributed by atoms with E-state index >= 15 is 0 Å². The summed E-state index contributed by atoms with van der Waals surface area (Å²) in [6.07, 6.45) is 3.30. The lowest BCUT2D eigenvalue weighted by atomic mass is 10.1. The molecule has 1 N–H and O–H groups in total. The van der Waals surface area contributed by atoms with Gasteiger partial charge in [0, 0.05) is 38.0 Å². The SMILES string of the molecule is CCCCCNC(=O)c1ccc(CSc2nc(Cl)cc(N(C)C)n2)cc1. The zero-order chi connectivity index (χ0) is 18.9. The molecule has 0 atom stereocenters. The molecule has 1 amide bonds. The van der Waals surface area contributed by atoms with E-state index in [1.54, 1.807) is 6.07 Å². The number of benzene rings is 1. The molecule has 0 aliphatic carbocycles. The molecule has 1 aromatic heterocycles. The van der Waals surface area contributed by atoms with Crippen LogP contribution >= 0.6 is 23.4 Å². The Balaban J connectivity index is 1.90. The van der Waals surface area contributed by atoms with Crippen LogP contribution in [0.2, 0.25) is 5.15 Å². The molecule has 0 radical (unpaired) electrons. The maximum absolute atomic E-state index is 12.1. The van der Waals surface area contributed by atoms with Gasteiger partial charge in [-0.15, -0.1) is 0 Å². The summed E-state index contributed by atoms with van der Waals surface area (Å²) < 4.78 is 0. The topological polar surface area (TPSA) is 58.1 Å². The number of unbranched alkanes of at least 4 members (excludes halogenated alkanes) is 2. The highest BCUT2D eigenvalue weighted by Gasteiger charge is 2.08. The van der Waals surface area contributed by atoms with Crippen molar-refractivity contribution >= 4 is 35.1 Å². The van der Waals surface area contributed by atoms with Crippen molar-refractivity contribution in [1.82, 2.24) is 15.3 Å². The van der Waals surface area contributed by atoms with Crippen molar-refractivity contribution < 1.29 is 4.79 Å². The predicted octanol–water partition coefficient (Wildman–Crippen LogP) is 4.41. The van der Waals surface area contributed by atoms with E-state index in [9.17, 15) is 4.79 Å². The number of carbonyl (C=O) groups excluding carboxylic acids is 1. The third-order valence-electron chi connectivity index (χ3n) is 3.77. The second-order valence-corrected chi connectivity index (χ2v) is 7.50. The van der Waals surface area contributed by atoms with E-state index in [2.05, 4.69) is 22.2 Å². The van der Waals surface area contributed by atoms with Crippen molar-refractivity contribution in [3.05, 3.63) is 46.6 Å². The molecule has 0 aliphatic heterocycles. The summed E-state index contributed by atoms with van der Waals surface area (Å²) in [6, 6.07) is 9.38. The molecule has 7 heteroatoms. The van der Waals surface area contributed by atoms with E-state index in [1.807, 2.05) is 43.3 Å². The minimum Gasteiger partial charge on any atom is -0.363 e.